The smallest absolute Gasteiger partial charge is 0.355 e. The molecule has 0 spiro atoms. The fraction of sp³-hybridized carbons (Fsp3) is 0.0588. The van der Waals surface area contributed by atoms with Crippen molar-refractivity contribution in [3.8, 4) is 0 Å². The molecule has 0 saturated heterocycles. The van der Waals surface area contributed by atoms with Gasteiger partial charge in [-0.1, -0.05) is 34.1 Å². The number of benzene rings is 2. The average molecular weight is 391 g/mol. The van der Waals surface area contributed by atoms with Crippen LogP contribution in [0.1, 0.15) is 10.5 Å². The lowest BCUT2D eigenvalue weighted by Crippen LogP contribution is -2.21. The maximum Gasteiger partial charge on any atom is 0.355 e. The van der Waals surface area contributed by atoms with E-state index in [4.69, 9.17) is 4.74 Å². The van der Waals surface area contributed by atoms with Crippen LogP contribution in [-0.4, -0.2) is 23.5 Å². The summed E-state index contributed by atoms with van der Waals surface area (Å²) in [6.07, 6.45) is 0. The van der Waals surface area contributed by atoms with Gasteiger partial charge in [0.2, 0.25) is 0 Å². The lowest BCUT2D eigenvalue weighted by Gasteiger charge is -2.07. The van der Waals surface area contributed by atoms with Crippen molar-refractivity contribution in [2.75, 3.05) is 11.9 Å². The molecule has 5 nitrogen and oxygen atoms in total. The first kappa shape index (κ1) is 16.2. The molecule has 7 heteroatoms. The van der Waals surface area contributed by atoms with Gasteiger partial charge in [-0.2, -0.15) is 0 Å². The quantitative estimate of drug-likeness (QED) is 0.664. The molecule has 2 N–H and O–H groups in total. The van der Waals surface area contributed by atoms with Gasteiger partial charge in [-0.05, 0) is 30.3 Å². The molecule has 1 aromatic heterocycles. The van der Waals surface area contributed by atoms with Crippen LogP contribution in [0.3, 0.4) is 0 Å². The highest BCUT2D eigenvalue weighted by molar-refractivity contribution is 9.10. The number of hydrogen-bond donors (Lipinski definition) is 2. The molecule has 0 atom stereocenters. The summed E-state index contributed by atoms with van der Waals surface area (Å²) in [4.78, 5) is 26.7. The number of ether oxygens (including phenoxy) is 1. The number of rotatable bonds is 4. The Morgan fingerprint density at radius 1 is 1.17 bits per heavy atom. The summed E-state index contributed by atoms with van der Waals surface area (Å²) in [6, 6.07) is 13.3. The number of aromatic nitrogens is 1. The van der Waals surface area contributed by atoms with Gasteiger partial charge in [-0.15, -0.1) is 0 Å². The number of nitrogens with one attached hydrogen (secondary N) is 2. The summed E-state index contributed by atoms with van der Waals surface area (Å²) in [5.74, 6) is -1.86. The van der Waals surface area contributed by atoms with Gasteiger partial charge >= 0.3 is 5.97 Å². The predicted octanol–water partition coefficient (Wildman–Crippen LogP) is 3.87. The Morgan fingerprint density at radius 3 is 2.71 bits per heavy atom. The van der Waals surface area contributed by atoms with Crippen LogP contribution >= 0.6 is 15.9 Å². The maximum atomic E-state index is 13.6. The number of amides is 1. The number of esters is 1. The fourth-order valence-corrected chi connectivity index (χ4v) is 2.50. The maximum absolute atomic E-state index is 13.6. The molecule has 0 aliphatic heterocycles. The number of hydrogen-bond acceptors (Lipinski definition) is 3. The predicted molar refractivity (Wildman–Crippen MR) is 91.3 cm³/mol. The van der Waals surface area contributed by atoms with E-state index < -0.39 is 24.3 Å². The molecular weight excluding hydrogens is 379 g/mol. The number of halogens is 2. The molecule has 0 fully saturated rings. The van der Waals surface area contributed by atoms with Crippen LogP contribution in [0.25, 0.3) is 10.9 Å². The largest absolute Gasteiger partial charge is 0.451 e. The normalized spacial score (nSPS) is 10.6. The molecule has 0 unspecified atom stereocenters. The van der Waals surface area contributed by atoms with E-state index in [0.29, 0.717) is 4.47 Å². The van der Waals surface area contributed by atoms with Crippen LogP contribution in [0, 0.1) is 5.82 Å². The van der Waals surface area contributed by atoms with Crippen LogP contribution in [0.15, 0.2) is 53.0 Å². The summed E-state index contributed by atoms with van der Waals surface area (Å²) < 4.78 is 19.1. The van der Waals surface area contributed by atoms with E-state index in [1.165, 1.54) is 12.1 Å². The van der Waals surface area contributed by atoms with Crippen molar-refractivity contribution < 1.29 is 18.7 Å². The molecule has 1 heterocycles. The third-order valence-electron chi connectivity index (χ3n) is 3.29. The zero-order chi connectivity index (χ0) is 17.1. The van der Waals surface area contributed by atoms with Crippen LogP contribution in [-0.2, 0) is 9.53 Å². The SMILES string of the molecule is O=C(COC(=O)c1cc2ccccc2[nH]1)Nc1ccc(Br)cc1F. The van der Waals surface area contributed by atoms with E-state index >= 15 is 0 Å². The van der Waals surface area contributed by atoms with Gasteiger partial charge in [-0.25, -0.2) is 9.18 Å². The van der Waals surface area contributed by atoms with Crippen molar-refractivity contribution in [2.45, 2.75) is 0 Å². The van der Waals surface area contributed by atoms with Crippen LogP contribution in [0.2, 0.25) is 0 Å². The van der Waals surface area contributed by atoms with Gasteiger partial charge in [-0.3, -0.25) is 4.79 Å². The standard InChI is InChI=1S/C17H12BrFN2O3/c18-11-5-6-14(12(19)8-11)21-16(22)9-24-17(23)15-7-10-3-1-2-4-13(10)20-15/h1-8,20H,9H2,(H,21,22). The minimum absolute atomic E-state index is 0.0184. The van der Waals surface area contributed by atoms with E-state index in [1.54, 1.807) is 12.1 Å². The Bertz CT molecular complexity index is 890. The number of carbonyl (C=O) groups is 2. The monoisotopic (exact) mass is 390 g/mol. The van der Waals surface area contributed by atoms with E-state index in [2.05, 4.69) is 26.2 Å². The van der Waals surface area contributed by atoms with Gasteiger partial charge < -0.3 is 15.0 Å². The minimum Gasteiger partial charge on any atom is -0.451 e. The first-order valence-corrected chi connectivity index (χ1v) is 7.82. The first-order valence-electron chi connectivity index (χ1n) is 7.03. The van der Waals surface area contributed by atoms with Gasteiger partial charge in [0.25, 0.3) is 5.91 Å². The van der Waals surface area contributed by atoms with Gasteiger partial charge in [0.05, 0.1) is 5.69 Å². The second kappa shape index (κ2) is 6.84. The molecule has 24 heavy (non-hydrogen) atoms. The third kappa shape index (κ3) is 3.62. The highest BCUT2D eigenvalue weighted by Crippen LogP contribution is 2.19. The number of para-hydroxylation sites is 1. The number of aromatic amines is 1. The topological polar surface area (TPSA) is 71.2 Å². The van der Waals surface area contributed by atoms with Crippen molar-refractivity contribution in [3.05, 3.63) is 64.5 Å². The summed E-state index contributed by atoms with van der Waals surface area (Å²) in [7, 11) is 0. The van der Waals surface area contributed by atoms with Crippen molar-refractivity contribution in [1.82, 2.24) is 4.98 Å². The Balaban J connectivity index is 1.60. The van der Waals surface area contributed by atoms with E-state index in [1.807, 2.05) is 24.3 Å². The number of carbonyl (C=O) groups excluding carboxylic acids is 2. The van der Waals surface area contributed by atoms with E-state index in [9.17, 15) is 14.0 Å². The minimum atomic E-state index is -0.655. The second-order valence-electron chi connectivity index (χ2n) is 5.02. The lowest BCUT2D eigenvalue weighted by molar-refractivity contribution is -0.119. The highest BCUT2D eigenvalue weighted by atomic mass is 79.9. The Labute approximate surface area is 144 Å². The van der Waals surface area contributed by atoms with E-state index in [0.717, 1.165) is 10.9 Å². The lowest BCUT2D eigenvalue weighted by atomic mass is 10.2. The number of H-pyrrole nitrogens is 1. The molecule has 2 aromatic carbocycles. The Morgan fingerprint density at radius 2 is 1.96 bits per heavy atom. The number of anilines is 1. The summed E-state index contributed by atoms with van der Waals surface area (Å²) in [5, 5.41) is 3.22. The molecule has 0 bridgehead atoms. The van der Waals surface area contributed by atoms with Crippen LogP contribution in [0.4, 0.5) is 10.1 Å². The van der Waals surface area contributed by atoms with Crippen molar-refractivity contribution in [1.29, 1.82) is 0 Å². The average Bonchev–Trinajstić information content (AvgIpc) is 2.99. The molecule has 0 saturated carbocycles. The zero-order valence-electron chi connectivity index (χ0n) is 12.3. The van der Waals surface area contributed by atoms with Crippen LogP contribution in [0.5, 0.6) is 0 Å². The Kier molecular flexibility index (Phi) is 4.61. The van der Waals surface area contributed by atoms with Gasteiger partial charge in [0.15, 0.2) is 6.61 Å². The molecule has 0 radical (unpaired) electrons. The zero-order valence-corrected chi connectivity index (χ0v) is 13.9. The molecule has 1 amide bonds. The van der Waals surface area contributed by atoms with E-state index in [-0.39, 0.29) is 11.4 Å². The molecular formula is C17H12BrFN2O3. The van der Waals surface area contributed by atoms with Gasteiger partial charge in [0.1, 0.15) is 11.5 Å². The van der Waals surface area contributed by atoms with Crippen LogP contribution < -0.4 is 5.32 Å². The Hall–Kier alpha value is -2.67. The highest BCUT2D eigenvalue weighted by Gasteiger charge is 2.14. The van der Waals surface area contributed by atoms with Crippen molar-refractivity contribution in [2.24, 2.45) is 0 Å². The van der Waals surface area contributed by atoms with Gasteiger partial charge in [0, 0.05) is 15.4 Å². The summed E-state index contributed by atoms with van der Waals surface area (Å²) >= 11 is 3.13. The second-order valence-corrected chi connectivity index (χ2v) is 5.93. The molecule has 0 aliphatic carbocycles. The summed E-state index contributed by atoms with van der Waals surface area (Å²) in [5.41, 5.74) is 1.06. The fourth-order valence-electron chi connectivity index (χ4n) is 2.17. The molecule has 3 aromatic rings. The van der Waals surface area contributed by atoms with Crippen molar-refractivity contribution in [3.63, 3.8) is 0 Å². The third-order valence-corrected chi connectivity index (χ3v) is 3.78. The molecule has 3 rings (SSSR count). The molecule has 0 aliphatic rings. The van der Waals surface area contributed by atoms with Crippen molar-refractivity contribution >= 4 is 44.4 Å². The summed E-state index contributed by atoms with van der Waals surface area (Å²) in [6.45, 7) is -0.510. The number of fused-ring (bicyclic) bond motifs is 1. The first-order chi connectivity index (χ1) is 11.5. The molecule has 122 valence electrons.